The Labute approximate surface area is 145 Å². The molecule has 4 nitrogen and oxygen atoms in total. The topological polar surface area (TPSA) is 41.7 Å². The molecule has 3 aliphatic rings. The lowest BCUT2D eigenvalue weighted by molar-refractivity contribution is -0.0191. The van der Waals surface area contributed by atoms with Gasteiger partial charge in [0.1, 0.15) is 5.75 Å². The molecule has 1 aromatic carbocycles. The van der Waals surface area contributed by atoms with E-state index >= 15 is 0 Å². The zero-order valence-corrected chi connectivity index (χ0v) is 15.3. The number of methoxy groups -OCH3 is 1. The minimum atomic E-state index is 0.209. The Morgan fingerprint density at radius 3 is 2.67 bits per heavy atom. The second-order valence-electron chi connectivity index (χ2n) is 8.26. The molecule has 2 bridgehead atoms. The molecule has 2 fully saturated rings. The van der Waals surface area contributed by atoms with Crippen LogP contribution in [0.25, 0.3) is 0 Å². The molecule has 2 heterocycles. The molecule has 4 rings (SSSR count). The second-order valence-corrected chi connectivity index (χ2v) is 8.26. The Hall–Kier alpha value is -1.10. The number of rotatable bonds is 2. The third kappa shape index (κ3) is 2.47. The average Bonchev–Trinajstić information content (AvgIpc) is 2.59. The van der Waals surface area contributed by atoms with Crippen LogP contribution in [0.1, 0.15) is 37.3 Å². The Balaban J connectivity index is 1.75. The van der Waals surface area contributed by atoms with Crippen LogP contribution >= 0.6 is 0 Å². The van der Waals surface area contributed by atoms with Gasteiger partial charge in [0, 0.05) is 36.6 Å². The molecule has 2 N–H and O–H groups in total. The Morgan fingerprint density at radius 1 is 1.21 bits per heavy atom. The Morgan fingerprint density at radius 2 is 1.96 bits per heavy atom. The normalized spacial score (nSPS) is 34.8. The van der Waals surface area contributed by atoms with Gasteiger partial charge in [-0.25, -0.2) is 0 Å². The van der Waals surface area contributed by atoms with Crippen molar-refractivity contribution in [3.05, 3.63) is 29.3 Å². The average molecular weight is 329 g/mol. The van der Waals surface area contributed by atoms with Crippen molar-refractivity contribution in [2.24, 2.45) is 5.73 Å². The van der Waals surface area contributed by atoms with Crippen LogP contribution in [0.2, 0.25) is 0 Å². The molecule has 0 radical (unpaired) electrons. The van der Waals surface area contributed by atoms with Gasteiger partial charge in [-0.1, -0.05) is 13.0 Å². The number of hydrogen-bond donors (Lipinski definition) is 1. The smallest absolute Gasteiger partial charge is 0.119 e. The molecule has 1 aromatic rings. The molecular formula is C20H31N3O. The number of fused-ring (bicyclic) bond motifs is 4. The Kier molecular flexibility index (Phi) is 4.10. The van der Waals surface area contributed by atoms with Crippen LogP contribution < -0.4 is 10.5 Å². The molecule has 0 aromatic heterocycles. The largest absolute Gasteiger partial charge is 0.497 e. The first-order chi connectivity index (χ1) is 11.5. The number of benzene rings is 1. The highest BCUT2D eigenvalue weighted by atomic mass is 16.5. The third-order valence-corrected chi connectivity index (χ3v) is 6.90. The zero-order chi connectivity index (χ0) is 16.9. The fourth-order valence-electron chi connectivity index (χ4n) is 5.41. The van der Waals surface area contributed by atoms with Gasteiger partial charge in [0.15, 0.2) is 0 Å². The first-order valence-corrected chi connectivity index (χ1v) is 9.40. The van der Waals surface area contributed by atoms with E-state index in [0.29, 0.717) is 18.1 Å². The number of piperidine rings is 2. The molecule has 3 unspecified atom stereocenters. The van der Waals surface area contributed by atoms with Crippen molar-refractivity contribution in [2.45, 2.75) is 56.1 Å². The summed E-state index contributed by atoms with van der Waals surface area (Å²) < 4.78 is 5.54. The van der Waals surface area contributed by atoms with Gasteiger partial charge in [0.25, 0.3) is 0 Å². The molecule has 0 spiro atoms. The van der Waals surface area contributed by atoms with Crippen molar-refractivity contribution in [1.82, 2.24) is 9.80 Å². The molecule has 4 heteroatoms. The van der Waals surface area contributed by atoms with E-state index in [2.05, 4.69) is 42.0 Å². The van der Waals surface area contributed by atoms with Crippen LogP contribution in [0.15, 0.2) is 18.2 Å². The summed E-state index contributed by atoms with van der Waals surface area (Å²) in [6, 6.07) is 8.31. The molecule has 24 heavy (non-hydrogen) atoms. The number of likely N-dealkylation sites (N-methyl/N-ethyl adjacent to an activating group) is 1. The van der Waals surface area contributed by atoms with Crippen LogP contribution in [0.4, 0.5) is 0 Å². The van der Waals surface area contributed by atoms with Crippen molar-refractivity contribution < 1.29 is 4.74 Å². The minimum absolute atomic E-state index is 0.209. The van der Waals surface area contributed by atoms with E-state index in [1.54, 1.807) is 7.11 Å². The SMILES string of the molecule is COc1ccc2c(c1)C1(C)CCN(C)C(C2)C1N1CCC(N)CC1. The van der Waals surface area contributed by atoms with Gasteiger partial charge < -0.3 is 15.4 Å². The second kappa shape index (κ2) is 6.01. The Bertz CT molecular complexity index is 611. The summed E-state index contributed by atoms with van der Waals surface area (Å²) >= 11 is 0. The van der Waals surface area contributed by atoms with E-state index in [9.17, 15) is 0 Å². The van der Waals surface area contributed by atoms with Crippen LogP contribution in [0.3, 0.4) is 0 Å². The van der Waals surface area contributed by atoms with Gasteiger partial charge in [-0.05, 0) is 62.5 Å². The summed E-state index contributed by atoms with van der Waals surface area (Å²) in [7, 11) is 4.08. The van der Waals surface area contributed by atoms with Gasteiger partial charge in [0.05, 0.1) is 7.11 Å². The molecular weight excluding hydrogens is 298 g/mol. The number of likely N-dealkylation sites (tertiary alicyclic amines) is 2. The summed E-state index contributed by atoms with van der Waals surface area (Å²) in [6.45, 7) is 5.96. The van der Waals surface area contributed by atoms with Gasteiger partial charge in [-0.3, -0.25) is 4.90 Å². The summed E-state index contributed by atoms with van der Waals surface area (Å²) in [5.74, 6) is 0.992. The quantitative estimate of drug-likeness (QED) is 0.901. The van der Waals surface area contributed by atoms with Crippen LogP contribution in [0, 0.1) is 0 Å². The molecule has 2 aliphatic heterocycles. The molecule has 2 saturated heterocycles. The van der Waals surface area contributed by atoms with Gasteiger partial charge >= 0.3 is 0 Å². The highest BCUT2D eigenvalue weighted by molar-refractivity contribution is 5.46. The van der Waals surface area contributed by atoms with Crippen molar-refractivity contribution >= 4 is 0 Å². The van der Waals surface area contributed by atoms with E-state index in [1.165, 1.54) is 24.1 Å². The molecule has 0 amide bonds. The summed E-state index contributed by atoms with van der Waals surface area (Å²) in [5, 5.41) is 0. The van der Waals surface area contributed by atoms with E-state index in [1.807, 2.05) is 0 Å². The molecule has 1 aliphatic carbocycles. The third-order valence-electron chi connectivity index (χ3n) is 6.90. The van der Waals surface area contributed by atoms with Gasteiger partial charge in [-0.2, -0.15) is 0 Å². The monoisotopic (exact) mass is 329 g/mol. The standard InChI is InChI=1S/C20H31N3O/c1-20-8-11-22(2)18(19(20)23-9-6-15(21)7-10-23)12-14-4-5-16(24-3)13-17(14)20/h4-5,13,15,18-19H,6-12,21H2,1-3H3. The molecule has 3 atom stereocenters. The van der Waals surface area contributed by atoms with Crippen LogP contribution in [-0.4, -0.2) is 61.7 Å². The predicted octanol–water partition coefficient (Wildman–Crippen LogP) is 2.00. The minimum Gasteiger partial charge on any atom is -0.497 e. The van der Waals surface area contributed by atoms with Crippen molar-refractivity contribution in [3.63, 3.8) is 0 Å². The van der Waals surface area contributed by atoms with Crippen LogP contribution in [0.5, 0.6) is 5.75 Å². The fourth-order valence-corrected chi connectivity index (χ4v) is 5.41. The number of nitrogens with zero attached hydrogens (tertiary/aromatic N) is 2. The van der Waals surface area contributed by atoms with E-state index in [-0.39, 0.29) is 5.41 Å². The summed E-state index contributed by atoms with van der Waals surface area (Å²) in [5.41, 5.74) is 9.41. The summed E-state index contributed by atoms with van der Waals surface area (Å²) in [6.07, 6.45) is 4.63. The van der Waals surface area contributed by atoms with Crippen LogP contribution in [-0.2, 0) is 11.8 Å². The lowest BCUT2D eigenvalue weighted by Gasteiger charge is -2.59. The molecule has 132 valence electrons. The zero-order valence-electron chi connectivity index (χ0n) is 15.3. The maximum absolute atomic E-state index is 6.16. The number of nitrogens with two attached hydrogens (primary N) is 1. The van der Waals surface area contributed by atoms with Gasteiger partial charge in [-0.15, -0.1) is 0 Å². The first kappa shape index (κ1) is 16.4. The maximum atomic E-state index is 6.16. The predicted molar refractivity (Wildman–Crippen MR) is 97.7 cm³/mol. The number of hydrogen-bond acceptors (Lipinski definition) is 4. The lowest BCUT2D eigenvalue weighted by atomic mass is 9.61. The van der Waals surface area contributed by atoms with E-state index in [4.69, 9.17) is 10.5 Å². The van der Waals surface area contributed by atoms with Gasteiger partial charge in [0.2, 0.25) is 0 Å². The summed E-state index contributed by atoms with van der Waals surface area (Å²) in [4.78, 5) is 5.33. The highest BCUT2D eigenvalue weighted by Crippen LogP contribution is 2.48. The first-order valence-electron chi connectivity index (χ1n) is 9.40. The van der Waals surface area contributed by atoms with Crippen molar-refractivity contribution in [3.8, 4) is 5.75 Å². The highest BCUT2D eigenvalue weighted by Gasteiger charge is 2.52. The maximum Gasteiger partial charge on any atom is 0.119 e. The van der Waals surface area contributed by atoms with Crippen molar-refractivity contribution in [2.75, 3.05) is 33.8 Å². The number of ether oxygens (including phenoxy) is 1. The van der Waals surface area contributed by atoms with E-state index < -0.39 is 0 Å². The molecule has 0 saturated carbocycles. The van der Waals surface area contributed by atoms with Crippen molar-refractivity contribution in [1.29, 1.82) is 0 Å². The van der Waals surface area contributed by atoms with E-state index in [0.717, 1.165) is 38.1 Å². The fraction of sp³-hybridized carbons (Fsp3) is 0.700. The lowest BCUT2D eigenvalue weighted by Crippen LogP contribution is -2.68.